The molecule has 1 aromatic rings. The van der Waals surface area contributed by atoms with Crippen molar-refractivity contribution in [1.82, 2.24) is 4.90 Å². The van der Waals surface area contributed by atoms with E-state index >= 15 is 0 Å². The van der Waals surface area contributed by atoms with Gasteiger partial charge in [0.1, 0.15) is 16.2 Å². The maximum Gasteiger partial charge on any atom is 0.266 e. The first-order valence-corrected chi connectivity index (χ1v) is 9.10. The van der Waals surface area contributed by atoms with E-state index in [2.05, 4.69) is 0 Å². The quantitative estimate of drug-likeness (QED) is 0.581. The first kappa shape index (κ1) is 17.7. The predicted molar refractivity (Wildman–Crippen MR) is 98.7 cm³/mol. The SMILES string of the molecule is C[C@H]1Oc2ccccc2C=C1/C=C1\SC(=S)N(CCCC(=O)[O-])C1=O. The fourth-order valence-corrected chi connectivity index (χ4v) is 3.96. The number of hydrogen-bond donors (Lipinski definition) is 0. The lowest BCUT2D eigenvalue weighted by molar-refractivity contribution is -0.305. The van der Waals surface area contributed by atoms with Gasteiger partial charge in [0.05, 0.1) is 4.91 Å². The topological polar surface area (TPSA) is 69.7 Å². The van der Waals surface area contributed by atoms with Crippen LogP contribution in [0.2, 0.25) is 0 Å². The zero-order valence-corrected chi connectivity index (χ0v) is 15.2. The third kappa shape index (κ3) is 3.93. The molecule has 0 N–H and O–H groups in total. The smallest absolute Gasteiger partial charge is 0.266 e. The van der Waals surface area contributed by atoms with E-state index in [0.717, 1.165) is 16.9 Å². The van der Waals surface area contributed by atoms with E-state index < -0.39 is 5.97 Å². The minimum absolute atomic E-state index is 0.0943. The number of carboxylic acids is 1. The van der Waals surface area contributed by atoms with E-state index in [4.69, 9.17) is 17.0 Å². The molecule has 2 heterocycles. The van der Waals surface area contributed by atoms with Gasteiger partial charge < -0.3 is 14.6 Å². The Balaban J connectivity index is 1.78. The highest BCUT2D eigenvalue weighted by molar-refractivity contribution is 8.26. The van der Waals surface area contributed by atoms with Crippen LogP contribution in [0.4, 0.5) is 0 Å². The Labute approximate surface area is 155 Å². The first-order chi connectivity index (χ1) is 12.0. The molecule has 130 valence electrons. The van der Waals surface area contributed by atoms with Crippen molar-refractivity contribution in [2.75, 3.05) is 6.54 Å². The van der Waals surface area contributed by atoms with Gasteiger partial charge in [0.25, 0.3) is 5.91 Å². The molecular weight excluding hydrogens is 358 g/mol. The van der Waals surface area contributed by atoms with Gasteiger partial charge in [-0.3, -0.25) is 9.69 Å². The first-order valence-electron chi connectivity index (χ1n) is 7.88. The van der Waals surface area contributed by atoms with Crippen molar-refractivity contribution in [3.63, 3.8) is 0 Å². The summed E-state index contributed by atoms with van der Waals surface area (Å²) >= 11 is 6.47. The van der Waals surface area contributed by atoms with Gasteiger partial charge in [-0.15, -0.1) is 0 Å². The maximum absolute atomic E-state index is 12.5. The van der Waals surface area contributed by atoms with Crippen LogP contribution >= 0.6 is 24.0 Å². The van der Waals surface area contributed by atoms with Crippen LogP contribution in [0.1, 0.15) is 25.3 Å². The predicted octanol–water partition coefficient (Wildman–Crippen LogP) is 2.13. The van der Waals surface area contributed by atoms with Crippen LogP contribution in [0, 0.1) is 0 Å². The van der Waals surface area contributed by atoms with Crippen LogP contribution in [0.15, 0.2) is 40.8 Å². The van der Waals surface area contributed by atoms with Crippen LogP contribution in [-0.2, 0) is 9.59 Å². The van der Waals surface area contributed by atoms with Gasteiger partial charge >= 0.3 is 0 Å². The van der Waals surface area contributed by atoms with Crippen LogP contribution in [0.3, 0.4) is 0 Å². The normalized spacial score (nSPS) is 21.2. The number of hydrogen-bond acceptors (Lipinski definition) is 6. The number of fused-ring (bicyclic) bond motifs is 1. The lowest BCUT2D eigenvalue weighted by atomic mass is 10.0. The minimum atomic E-state index is -1.13. The Kier molecular flexibility index (Phi) is 5.24. The zero-order chi connectivity index (χ0) is 18.0. The number of carboxylic acid groups (broad SMARTS) is 1. The van der Waals surface area contributed by atoms with Crippen molar-refractivity contribution >= 4 is 46.3 Å². The number of nitrogens with zero attached hydrogens (tertiary/aromatic N) is 1. The largest absolute Gasteiger partial charge is 0.550 e. The van der Waals surface area contributed by atoms with E-state index in [9.17, 15) is 14.7 Å². The fourth-order valence-electron chi connectivity index (χ4n) is 2.65. The molecule has 1 saturated heterocycles. The molecule has 0 spiro atoms. The Bertz CT molecular complexity index is 800. The van der Waals surface area contributed by atoms with E-state index in [1.807, 2.05) is 37.3 Å². The van der Waals surface area contributed by atoms with E-state index in [1.165, 1.54) is 16.7 Å². The van der Waals surface area contributed by atoms with Gasteiger partial charge in [-0.25, -0.2) is 0 Å². The summed E-state index contributed by atoms with van der Waals surface area (Å²) in [5.74, 6) is -0.500. The molecule has 0 unspecified atom stereocenters. The Morgan fingerprint density at radius 3 is 2.96 bits per heavy atom. The lowest BCUT2D eigenvalue weighted by Crippen LogP contribution is -2.31. The van der Waals surface area contributed by atoms with Crippen LogP contribution in [0.5, 0.6) is 5.75 Å². The molecule has 1 amide bonds. The van der Waals surface area contributed by atoms with Crippen molar-refractivity contribution in [3.05, 3.63) is 46.4 Å². The molecule has 2 aliphatic rings. The summed E-state index contributed by atoms with van der Waals surface area (Å²) in [5, 5.41) is 10.5. The molecule has 1 atom stereocenters. The standard InChI is InChI=1S/C18H17NO4S2/c1-11-13(9-12-5-2-3-6-14(12)23-11)10-15-17(22)19(18(24)25-15)8-4-7-16(20)21/h2-3,5-6,9-11H,4,7-8H2,1H3,(H,20,21)/p-1/b15-10-/t11-/m1/s1. The number of aliphatic carboxylic acids is 1. The summed E-state index contributed by atoms with van der Waals surface area (Å²) in [7, 11) is 0. The second kappa shape index (κ2) is 7.41. The van der Waals surface area contributed by atoms with Gasteiger partial charge in [0, 0.05) is 18.1 Å². The molecule has 1 aromatic carbocycles. The number of benzene rings is 1. The van der Waals surface area contributed by atoms with Gasteiger partial charge in [-0.05, 0) is 43.6 Å². The summed E-state index contributed by atoms with van der Waals surface area (Å²) in [6, 6.07) is 7.72. The highest BCUT2D eigenvalue weighted by Gasteiger charge is 2.32. The summed E-state index contributed by atoms with van der Waals surface area (Å²) < 4.78 is 6.33. The molecular formula is C18H16NO4S2-. The summed E-state index contributed by atoms with van der Waals surface area (Å²) in [6.45, 7) is 2.21. The van der Waals surface area contributed by atoms with E-state index in [1.54, 1.807) is 6.08 Å². The molecule has 1 fully saturated rings. The molecule has 7 heteroatoms. The highest BCUT2D eigenvalue weighted by atomic mass is 32.2. The molecule has 0 saturated carbocycles. The molecule has 2 aliphatic heterocycles. The average Bonchev–Trinajstić information content (AvgIpc) is 2.82. The number of rotatable bonds is 5. The average molecular weight is 374 g/mol. The molecule has 5 nitrogen and oxygen atoms in total. The monoisotopic (exact) mass is 374 g/mol. The summed E-state index contributed by atoms with van der Waals surface area (Å²) in [5.41, 5.74) is 1.87. The van der Waals surface area contributed by atoms with Crippen LogP contribution in [0.25, 0.3) is 6.08 Å². The Morgan fingerprint density at radius 1 is 1.44 bits per heavy atom. The van der Waals surface area contributed by atoms with Gasteiger partial charge in [0.2, 0.25) is 0 Å². The third-order valence-corrected chi connectivity index (χ3v) is 5.33. The number of thioether (sulfide) groups is 1. The van der Waals surface area contributed by atoms with E-state index in [0.29, 0.717) is 15.6 Å². The number of ether oxygens (including phenoxy) is 1. The molecule has 0 bridgehead atoms. The van der Waals surface area contributed by atoms with Crippen molar-refractivity contribution in [1.29, 1.82) is 0 Å². The molecule has 0 radical (unpaired) electrons. The summed E-state index contributed by atoms with van der Waals surface area (Å²) in [4.78, 5) is 25.0. The second-order valence-electron chi connectivity index (χ2n) is 5.75. The van der Waals surface area contributed by atoms with Gasteiger partial charge in [-0.2, -0.15) is 0 Å². The number of thiocarbonyl (C=S) groups is 1. The molecule has 0 aromatic heterocycles. The fraction of sp³-hybridized carbons (Fsp3) is 0.278. The third-order valence-electron chi connectivity index (χ3n) is 3.95. The number of amides is 1. The maximum atomic E-state index is 12.5. The number of carbonyl (C=O) groups excluding carboxylic acids is 2. The molecule has 25 heavy (non-hydrogen) atoms. The van der Waals surface area contributed by atoms with Crippen molar-refractivity contribution in [2.24, 2.45) is 0 Å². The molecule has 0 aliphatic carbocycles. The van der Waals surface area contributed by atoms with Crippen molar-refractivity contribution < 1.29 is 19.4 Å². The highest BCUT2D eigenvalue weighted by Crippen LogP contribution is 2.35. The van der Waals surface area contributed by atoms with Crippen LogP contribution in [-0.4, -0.2) is 33.7 Å². The molecule has 3 rings (SSSR count). The van der Waals surface area contributed by atoms with Crippen LogP contribution < -0.4 is 9.84 Å². The summed E-state index contributed by atoms with van der Waals surface area (Å²) in [6.07, 6.45) is 3.86. The van der Waals surface area contributed by atoms with Crippen molar-refractivity contribution in [2.45, 2.75) is 25.9 Å². The minimum Gasteiger partial charge on any atom is -0.550 e. The number of carbonyl (C=O) groups is 2. The van der Waals surface area contributed by atoms with Gasteiger partial charge in [-0.1, -0.05) is 42.2 Å². The van der Waals surface area contributed by atoms with Crippen molar-refractivity contribution in [3.8, 4) is 5.75 Å². The Morgan fingerprint density at radius 2 is 2.20 bits per heavy atom. The number of para-hydroxylation sites is 1. The van der Waals surface area contributed by atoms with E-state index in [-0.39, 0.29) is 25.0 Å². The lowest BCUT2D eigenvalue weighted by Gasteiger charge is -2.23. The van der Waals surface area contributed by atoms with Gasteiger partial charge in [0.15, 0.2) is 0 Å². The zero-order valence-electron chi connectivity index (χ0n) is 13.6. The Hall–Kier alpha value is -2.12. The second-order valence-corrected chi connectivity index (χ2v) is 7.43.